The third kappa shape index (κ3) is 5.44. The highest BCUT2D eigenvalue weighted by molar-refractivity contribution is 8.04. The van der Waals surface area contributed by atoms with Crippen molar-refractivity contribution in [3.63, 3.8) is 0 Å². The second-order valence-corrected chi connectivity index (χ2v) is 8.15. The Morgan fingerprint density at radius 3 is 2.77 bits per heavy atom. The number of carbonyl (C=O) groups is 2. The number of nitrogens with zero attached hydrogens (tertiary/aromatic N) is 1. The van der Waals surface area contributed by atoms with E-state index in [1.165, 1.54) is 7.11 Å². The maximum atomic E-state index is 12.0. The number of phenolic OH excluding ortho intramolecular Hbond substituents is 1. The van der Waals surface area contributed by atoms with Crippen molar-refractivity contribution in [2.75, 3.05) is 20.3 Å². The Hall–Kier alpha value is -2.87. The molecule has 1 aromatic rings. The Morgan fingerprint density at radius 2 is 2.06 bits per heavy atom. The number of methoxy groups -OCH3 is 1. The average molecular weight is 446 g/mol. The van der Waals surface area contributed by atoms with E-state index in [4.69, 9.17) is 14.2 Å². The van der Waals surface area contributed by atoms with Crippen molar-refractivity contribution >= 4 is 23.7 Å². The molecule has 166 valence electrons. The standard InChI is InChI=1S/C23H27NO6S/c1-15(5-7-19(25)29-11-8-24-9-12-31-13-10-24)4-6-17-21(26)20-18(14-30-23(20)27)16(2)22(17)28-3/h4,9-10,12-13,26H,5-8,11,14H2,1-3H3. The maximum absolute atomic E-state index is 12.0. The summed E-state index contributed by atoms with van der Waals surface area (Å²) in [7, 11) is 1.54. The van der Waals surface area contributed by atoms with Crippen molar-refractivity contribution in [3.05, 3.63) is 57.1 Å². The van der Waals surface area contributed by atoms with E-state index in [2.05, 4.69) is 0 Å². The van der Waals surface area contributed by atoms with Gasteiger partial charge >= 0.3 is 11.9 Å². The highest BCUT2D eigenvalue weighted by Crippen LogP contribution is 2.42. The Labute approximate surface area is 186 Å². The molecule has 1 aromatic carbocycles. The van der Waals surface area contributed by atoms with Crippen molar-refractivity contribution in [1.29, 1.82) is 0 Å². The van der Waals surface area contributed by atoms with Gasteiger partial charge in [0.25, 0.3) is 0 Å². The Kier molecular flexibility index (Phi) is 7.68. The molecule has 8 heteroatoms. The molecule has 0 saturated heterocycles. The number of hydrogen-bond donors (Lipinski definition) is 1. The number of hydrogen-bond acceptors (Lipinski definition) is 8. The van der Waals surface area contributed by atoms with Crippen molar-refractivity contribution in [2.45, 2.75) is 39.7 Å². The van der Waals surface area contributed by atoms with Crippen LogP contribution >= 0.6 is 11.8 Å². The zero-order valence-electron chi connectivity index (χ0n) is 18.0. The van der Waals surface area contributed by atoms with E-state index in [0.29, 0.717) is 42.9 Å². The summed E-state index contributed by atoms with van der Waals surface area (Å²) in [4.78, 5) is 26.0. The summed E-state index contributed by atoms with van der Waals surface area (Å²) in [6.45, 7) is 4.87. The molecule has 0 fully saturated rings. The minimum atomic E-state index is -0.516. The number of fused-ring (bicyclic) bond motifs is 1. The van der Waals surface area contributed by atoms with Crippen LogP contribution in [0, 0.1) is 6.92 Å². The fourth-order valence-electron chi connectivity index (χ4n) is 3.51. The van der Waals surface area contributed by atoms with Gasteiger partial charge in [-0.05, 0) is 43.1 Å². The van der Waals surface area contributed by atoms with Gasteiger partial charge in [-0.1, -0.05) is 11.6 Å². The van der Waals surface area contributed by atoms with Gasteiger partial charge in [0.15, 0.2) is 0 Å². The van der Waals surface area contributed by atoms with Gasteiger partial charge in [-0.25, -0.2) is 4.79 Å². The van der Waals surface area contributed by atoms with Gasteiger partial charge in [0.1, 0.15) is 30.3 Å². The van der Waals surface area contributed by atoms with Crippen molar-refractivity contribution in [2.24, 2.45) is 0 Å². The molecule has 0 unspecified atom stereocenters. The van der Waals surface area contributed by atoms with Crippen LogP contribution in [-0.4, -0.2) is 42.2 Å². The summed E-state index contributed by atoms with van der Waals surface area (Å²) in [6, 6.07) is 0. The molecule has 0 saturated carbocycles. The number of cyclic esters (lactones) is 1. The lowest BCUT2D eigenvalue weighted by molar-refractivity contribution is -0.143. The lowest BCUT2D eigenvalue weighted by atomic mass is 9.94. The average Bonchev–Trinajstić information content (AvgIpc) is 3.16. The predicted molar refractivity (Wildman–Crippen MR) is 119 cm³/mol. The van der Waals surface area contributed by atoms with Crippen LogP contribution in [-0.2, 0) is 27.3 Å². The third-order valence-corrected chi connectivity index (χ3v) is 5.86. The van der Waals surface area contributed by atoms with Gasteiger partial charge in [0.05, 0.1) is 13.7 Å². The molecular formula is C23H27NO6S. The zero-order valence-corrected chi connectivity index (χ0v) is 18.8. The second kappa shape index (κ2) is 10.4. The van der Waals surface area contributed by atoms with Gasteiger partial charge in [0, 0.05) is 29.9 Å². The number of thioether (sulfide) groups is 1. The number of allylic oxidation sites excluding steroid dienone is 2. The van der Waals surface area contributed by atoms with E-state index in [0.717, 1.165) is 11.1 Å². The summed E-state index contributed by atoms with van der Waals surface area (Å²) in [5.41, 5.74) is 3.21. The number of ether oxygens (including phenoxy) is 3. The molecule has 0 aromatic heterocycles. The summed E-state index contributed by atoms with van der Waals surface area (Å²) in [5.74, 6) is -0.305. The zero-order chi connectivity index (χ0) is 22.4. The molecule has 0 spiro atoms. The minimum Gasteiger partial charge on any atom is -0.507 e. The first-order valence-corrected chi connectivity index (χ1v) is 11.0. The topological polar surface area (TPSA) is 85.3 Å². The van der Waals surface area contributed by atoms with Crippen LogP contribution < -0.4 is 4.74 Å². The molecule has 0 aliphatic carbocycles. The molecule has 2 aliphatic rings. The van der Waals surface area contributed by atoms with Crippen LogP contribution in [0.3, 0.4) is 0 Å². The third-order valence-electron chi connectivity index (χ3n) is 5.30. The van der Waals surface area contributed by atoms with E-state index >= 15 is 0 Å². The minimum absolute atomic E-state index is 0.0948. The smallest absolute Gasteiger partial charge is 0.342 e. The molecule has 2 aliphatic heterocycles. The molecule has 0 atom stereocenters. The summed E-state index contributed by atoms with van der Waals surface area (Å²) in [6.07, 6.45) is 7.02. The van der Waals surface area contributed by atoms with Crippen LogP contribution in [0.1, 0.15) is 46.8 Å². The highest BCUT2D eigenvalue weighted by Gasteiger charge is 2.31. The monoisotopic (exact) mass is 445 g/mol. The predicted octanol–water partition coefficient (Wildman–Crippen LogP) is 4.18. The number of rotatable bonds is 9. The van der Waals surface area contributed by atoms with Gasteiger partial charge in [-0.2, -0.15) is 0 Å². The fourth-order valence-corrected chi connectivity index (χ4v) is 4.06. The lowest BCUT2D eigenvalue weighted by Gasteiger charge is -2.17. The van der Waals surface area contributed by atoms with Crippen LogP contribution in [0.15, 0.2) is 34.9 Å². The van der Waals surface area contributed by atoms with E-state index in [-0.39, 0.29) is 30.3 Å². The molecule has 31 heavy (non-hydrogen) atoms. The highest BCUT2D eigenvalue weighted by atomic mass is 32.2. The van der Waals surface area contributed by atoms with Crippen molar-refractivity contribution in [3.8, 4) is 11.5 Å². The normalized spacial score (nSPS) is 15.1. The molecule has 3 rings (SSSR count). The van der Waals surface area contributed by atoms with Crippen LogP contribution in [0.2, 0.25) is 0 Å². The Morgan fingerprint density at radius 1 is 1.32 bits per heavy atom. The molecule has 7 nitrogen and oxygen atoms in total. The van der Waals surface area contributed by atoms with Gasteiger partial charge in [-0.3, -0.25) is 4.79 Å². The fraction of sp³-hybridized carbons (Fsp3) is 0.391. The van der Waals surface area contributed by atoms with E-state index < -0.39 is 5.97 Å². The molecule has 0 amide bonds. The first-order valence-electron chi connectivity index (χ1n) is 10.1. The largest absolute Gasteiger partial charge is 0.507 e. The van der Waals surface area contributed by atoms with Crippen LogP contribution in [0.25, 0.3) is 0 Å². The van der Waals surface area contributed by atoms with Crippen LogP contribution in [0.5, 0.6) is 11.5 Å². The van der Waals surface area contributed by atoms with E-state index in [1.807, 2.05) is 48.0 Å². The molecule has 0 bridgehead atoms. The number of esters is 2. The molecule has 2 heterocycles. The summed E-state index contributed by atoms with van der Waals surface area (Å²) >= 11 is 1.60. The van der Waals surface area contributed by atoms with E-state index in [1.54, 1.807) is 11.8 Å². The molecule has 1 N–H and O–H groups in total. The number of aromatic hydroxyl groups is 1. The first kappa shape index (κ1) is 22.8. The quantitative estimate of drug-likeness (QED) is 0.448. The maximum Gasteiger partial charge on any atom is 0.342 e. The van der Waals surface area contributed by atoms with Crippen molar-refractivity contribution in [1.82, 2.24) is 4.90 Å². The second-order valence-electron chi connectivity index (χ2n) is 7.33. The Bertz CT molecular complexity index is 938. The number of phenols is 1. The van der Waals surface area contributed by atoms with Crippen molar-refractivity contribution < 1.29 is 28.9 Å². The summed E-state index contributed by atoms with van der Waals surface area (Å²) < 4.78 is 15.9. The molecule has 0 radical (unpaired) electrons. The first-order chi connectivity index (χ1) is 14.9. The van der Waals surface area contributed by atoms with Gasteiger partial charge in [-0.15, -0.1) is 11.8 Å². The SMILES string of the molecule is COc1c(C)c2c(c(O)c1CC=C(C)CCC(=O)OCCN1C=CSC=C1)C(=O)OC2. The number of carbonyl (C=O) groups excluding carboxylic acids is 2. The lowest BCUT2D eigenvalue weighted by Crippen LogP contribution is -2.19. The van der Waals surface area contributed by atoms with Gasteiger partial charge in [0.2, 0.25) is 0 Å². The summed E-state index contributed by atoms with van der Waals surface area (Å²) in [5, 5.41) is 14.6. The van der Waals surface area contributed by atoms with E-state index in [9.17, 15) is 14.7 Å². The molecular weight excluding hydrogens is 418 g/mol. The Balaban J connectivity index is 1.55. The van der Waals surface area contributed by atoms with Gasteiger partial charge < -0.3 is 24.2 Å². The van der Waals surface area contributed by atoms with Crippen LogP contribution in [0.4, 0.5) is 0 Å². The number of benzene rings is 1.